The van der Waals surface area contributed by atoms with Crippen LogP contribution < -0.4 is 15.8 Å². The van der Waals surface area contributed by atoms with E-state index >= 15 is 0 Å². The summed E-state index contributed by atoms with van der Waals surface area (Å²) in [5.41, 5.74) is 6.62. The molecule has 0 atom stereocenters. The van der Waals surface area contributed by atoms with Crippen LogP contribution in [0.3, 0.4) is 0 Å². The fourth-order valence-corrected chi connectivity index (χ4v) is 1.91. The Morgan fingerprint density at radius 1 is 1.35 bits per heavy atom. The van der Waals surface area contributed by atoms with E-state index in [-0.39, 0.29) is 16.3 Å². The predicted molar refractivity (Wildman–Crippen MR) is 76.8 cm³/mol. The smallest absolute Gasteiger partial charge is 0.257 e. The third kappa shape index (κ3) is 2.83. The molecule has 104 valence electrons. The number of anilines is 2. The number of benzene rings is 2. The van der Waals surface area contributed by atoms with Crippen molar-refractivity contribution in [2.75, 3.05) is 18.2 Å². The zero-order valence-electron chi connectivity index (χ0n) is 10.6. The number of carbonyl (C=O) groups is 1. The summed E-state index contributed by atoms with van der Waals surface area (Å²) in [6.45, 7) is 0. The predicted octanol–water partition coefficient (Wildman–Crippen LogP) is 3.32. The number of hydrogen-bond acceptors (Lipinski definition) is 3. The lowest BCUT2D eigenvalue weighted by Crippen LogP contribution is -2.14. The maximum atomic E-state index is 12.9. The molecule has 2 rings (SSSR count). The summed E-state index contributed by atoms with van der Waals surface area (Å²) in [5.74, 6) is -0.522. The Hall–Kier alpha value is -2.27. The Labute approximate surface area is 120 Å². The minimum atomic E-state index is -0.478. The van der Waals surface area contributed by atoms with Crippen LogP contribution in [0.1, 0.15) is 10.4 Å². The van der Waals surface area contributed by atoms with E-state index in [1.807, 2.05) is 0 Å². The van der Waals surface area contributed by atoms with E-state index in [1.54, 1.807) is 18.2 Å². The SMILES string of the molecule is COc1cccc(C(=O)Nc2ccc(F)cc2Cl)c1N. The molecule has 1 amide bonds. The highest BCUT2D eigenvalue weighted by atomic mass is 35.5. The minimum Gasteiger partial charge on any atom is -0.495 e. The first-order valence-corrected chi connectivity index (χ1v) is 6.09. The molecule has 0 aliphatic carbocycles. The molecule has 0 aliphatic rings. The molecule has 0 aromatic heterocycles. The summed E-state index contributed by atoms with van der Waals surface area (Å²) in [6.07, 6.45) is 0. The zero-order chi connectivity index (χ0) is 14.7. The number of para-hydroxylation sites is 1. The number of nitrogens with one attached hydrogen (secondary N) is 1. The van der Waals surface area contributed by atoms with Gasteiger partial charge in [-0.05, 0) is 30.3 Å². The number of carbonyl (C=O) groups excluding carboxylic acids is 1. The van der Waals surface area contributed by atoms with E-state index in [1.165, 1.54) is 19.2 Å². The highest BCUT2D eigenvalue weighted by Gasteiger charge is 2.14. The number of nitrogen functional groups attached to an aromatic ring is 1. The lowest BCUT2D eigenvalue weighted by atomic mass is 10.1. The van der Waals surface area contributed by atoms with Gasteiger partial charge in [-0.2, -0.15) is 0 Å². The molecule has 0 heterocycles. The van der Waals surface area contributed by atoms with Gasteiger partial charge in [0.25, 0.3) is 5.91 Å². The van der Waals surface area contributed by atoms with E-state index in [0.717, 1.165) is 6.07 Å². The number of amides is 1. The Morgan fingerprint density at radius 3 is 2.75 bits per heavy atom. The first-order chi connectivity index (χ1) is 9.52. The molecule has 0 fully saturated rings. The summed E-state index contributed by atoms with van der Waals surface area (Å²) < 4.78 is 18.0. The first-order valence-electron chi connectivity index (χ1n) is 5.72. The quantitative estimate of drug-likeness (QED) is 0.854. The molecule has 0 spiro atoms. The van der Waals surface area contributed by atoms with Gasteiger partial charge >= 0.3 is 0 Å². The van der Waals surface area contributed by atoms with Crippen LogP contribution in [0.15, 0.2) is 36.4 Å². The average molecular weight is 295 g/mol. The minimum absolute atomic E-state index is 0.111. The van der Waals surface area contributed by atoms with Crippen molar-refractivity contribution in [1.29, 1.82) is 0 Å². The number of methoxy groups -OCH3 is 1. The topological polar surface area (TPSA) is 64.3 Å². The van der Waals surface area contributed by atoms with Crippen molar-refractivity contribution in [2.45, 2.75) is 0 Å². The normalized spacial score (nSPS) is 10.2. The van der Waals surface area contributed by atoms with Crippen LogP contribution in [0.25, 0.3) is 0 Å². The third-order valence-electron chi connectivity index (χ3n) is 2.71. The third-order valence-corrected chi connectivity index (χ3v) is 3.02. The molecular weight excluding hydrogens is 283 g/mol. The Kier molecular flexibility index (Phi) is 4.10. The summed E-state index contributed by atoms with van der Waals surface area (Å²) in [7, 11) is 1.46. The van der Waals surface area contributed by atoms with Gasteiger partial charge in [0.15, 0.2) is 0 Å². The molecule has 4 nitrogen and oxygen atoms in total. The number of halogens is 2. The molecule has 20 heavy (non-hydrogen) atoms. The van der Waals surface area contributed by atoms with Crippen LogP contribution in [-0.4, -0.2) is 13.0 Å². The van der Waals surface area contributed by atoms with Gasteiger partial charge in [0.1, 0.15) is 11.6 Å². The Morgan fingerprint density at radius 2 is 2.10 bits per heavy atom. The van der Waals surface area contributed by atoms with Gasteiger partial charge in [-0.3, -0.25) is 4.79 Å². The highest BCUT2D eigenvalue weighted by Crippen LogP contribution is 2.27. The molecule has 0 aliphatic heterocycles. The molecule has 3 N–H and O–H groups in total. The molecule has 0 radical (unpaired) electrons. The summed E-state index contributed by atoms with van der Waals surface area (Å²) >= 11 is 5.85. The van der Waals surface area contributed by atoms with Gasteiger partial charge in [0.2, 0.25) is 0 Å². The van der Waals surface area contributed by atoms with Crippen molar-refractivity contribution < 1.29 is 13.9 Å². The number of rotatable bonds is 3. The number of ether oxygens (including phenoxy) is 1. The van der Waals surface area contributed by atoms with E-state index in [4.69, 9.17) is 22.1 Å². The van der Waals surface area contributed by atoms with Gasteiger partial charge in [-0.25, -0.2) is 4.39 Å². The van der Waals surface area contributed by atoms with Crippen LogP contribution in [0.2, 0.25) is 5.02 Å². The lowest BCUT2D eigenvalue weighted by Gasteiger charge is -2.11. The second-order valence-corrected chi connectivity index (χ2v) is 4.41. The van der Waals surface area contributed by atoms with Crippen LogP contribution in [0, 0.1) is 5.82 Å². The molecular formula is C14H12ClFN2O2. The van der Waals surface area contributed by atoms with Gasteiger partial charge in [-0.1, -0.05) is 17.7 Å². The lowest BCUT2D eigenvalue weighted by molar-refractivity contribution is 0.102. The summed E-state index contributed by atoms with van der Waals surface area (Å²) in [5, 5.41) is 2.68. The van der Waals surface area contributed by atoms with Gasteiger partial charge in [0.05, 0.1) is 29.1 Å². The maximum absolute atomic E-state index is 12.9. The second-order valence-electron chi connectivity index (χ2n) is 4.00. The second kappa shape index (κ2) is 5.79. The summed E-state index contributed by atoms with van der Waals surface area (Å²) in [4.78, 5) is 12.1. The van der Waals surface area contributed by atoms with Crippen LogP contribution >= 0.6 is 11.6 Å². The maximum Gasteiger partial charge on any atom is 0.257 e. The van der Waals surface area contributed by atoms with Crippen molar-refractivity contribution in [2.24, 2.45) is 0 Å². The standard InChI is InChI=1S/C14H12ClFN2O2/c1-20-12-4-2-3-9(13(12)17)14(19)18-11-6-5-8(16)7-10(11)15/h2-7H,17H2,1H3,(H,18,19). The Balaban J connectivity index is 2.28. The van der Waals surface area contributed by atoms with Gasteiger partial charge < -0.3 is 15.8 Å². The fraction of sp³-hybridized carbons (Fsp3) is 0.0714. The van der Waals surface area contributed by atoms with Crippen molar-refractivity contribution in [3.8, 4) is 5.75 Å². The monoisotopic (exact) mass is 294 g/mol. The van der Waals surface area contributed by atoms with E-state index < -0.39 is 11.7 Å². The molecule has 0 unspecified atom stereocenters. The van der Waals surface area contributed by atoms with Crippen LogP contribution in [0.4, 0.5) is 15.8 Å². The molecule has 0 saturated heterocycles. The molecule has 6 heteroatoms. The summed E-state index contributed by atoms with van der Waals surface area (Å²) in [6, 6.07) is 8.56. The van der Waals surface area contributed by atoms with E-state index in [2.05, 4.69) is 5.32 Å². The Bertz CT molecular complexity index is 662. The van der Waals surface area contributed by atoms with Gasteiger partial charge in [-0.15, -0.1) is 0 Å². The van der Waals surface area contributed by atoms with Crippen molar-refractivity contribution in [1.82, 2.24) is 0 Å². The van der Waals surface area contributed by atoms with Crippen molar-refractivity contribution >= 4 is 28.9 Å². The van der Waals surface area contributed by atoms with Crippen LogP contribution in [0.5, 0.6) is 5.75 Å². The molecule has 0 bridgehead atoms. The first kappa shape index (κ1) is 14.1. The highest BCUT2D eigenvalue weighted by molar-refractivity contribution is 6.34. The molecule has 2 aromatic rings. The van der Waals surface area contributed by atoms with Crippen molar-refractivity contribution in [3.63, 3.8) is 0 Å². The largest absolute Gasteiger partial charge is 0.495 e. The zero-order valence-corrected chi connectivity index (χ0v) is 11.4. The number of nitrogens with two attached hydrogens (primary N) is 1. The number of hydrogen-bond donors (Lipinski definition) is 2. The van der Waals surface area contributed by atoms with Gasteiger partial charge in [0, 0.05) is 0 Å². The van der Waals surface area contributed by atoms with Crippen molar-refractivity contribution in [3.05, 3.63) is 52.8 Å². The van der Waals surface area contributed by atoms with Crippen LogP contribution in [-0.2, 0) is 0 Å². The van der Waals surface area contributed by atoms with E-state index in [0.29, 0.717) is 11.4 Å². The fourth-order valence-electron chi connectivity index (χ4n) is 1.70. The van der Waals surface area contributed by atoms with E-state index in [9.17, 15) is 9.18 Å². The molecule has 2 aromatic carbocycles. The molecule has 0 saturated carbocycles. The average Bonchev–Trinajstić information content (AvgIpc) is 2.42.